The molecule has 1 amide bonds. The molecule has 0 bridgehead atoms. The molecule has 1 fully saturated rings. The summed E-state index contributed by atoms with van der Waals surface area (Å²) < 4.78 is 0. The van der Waals surface area contributed by atoms with Crippen molar-refractivity contribution in [2.75, 3.05) is 11.9 Å². The molecule has 1 saturated heterocycles. The summed E-state index contributed by atoms with van der Waals surface area (Å²) in [7, 11) is 0. The zero-order chi connectivity index (χ0) is 17.9. The number of para-hydroxylation sites is 2. The first kappa shape index (κ1) is 16.5. The number of carbonyl (C=O) groups is 1. The summed E-state index contributed by atoms with van der Waals surface area (Å²) in [4.78, 5) is 23.2. The van der Waals surface area contributed by atoms with Crippen molar-refractivity contribution in [1.82, 2.24) is 14.9 Å². The Hall–Kier alpha value is -2.95. The Morgan fingerprint density at radius 1 is 1.00 bits per heavy atom. The van der Waals surface area contributed by atoms with Gasteiger partial charge in [0.05, 0.1) is 16.7 Å². The number of amides is 1. The van der Waals surface area contributed by atoms with Gasteiger partial charge >= 0.3 is 0 Å². The van der Waals surface area contributed by atoms with E-state index in [2.05, 4.69) is 22.4 Å². The molecule has 26 heavy (non-hydrogen) atoms. The van der Waals surface area contributed by atoms with Crippen LogP contribution in [0.1, 0.15) is 29.7 Å². The lowest BCUT2D eigenvalue weighted by Crippen LogP contribution is -2.24. The number of aryl methyl sites for hydroxylation is 1. The first-order valence-electron chi connectivity index (χ1n) is 9.02. The third-order valence-corrected chi connectivity index (χ3v) is 4.84. The van der Waals surface area contributed by atoms with Crippen molar-refractivity contribution in [3.8, 4) is 0 Å². The molecular weight excluding hydrogens is 324 g/mol. The second-order valence-electron chi connectivity index (χ2n) is 6.69. The quantitative estimate of drug-likeness (QED) is 0.766. The number of nitrogens with zero attached hydrogens (tertiary/aromatic N) is 3. The molecule has 0 unspecified atom stereocenters. The van der Waals surface area contributed by atoms with Crippen LogP contribution in [0.3, 0.4) is 0 Å². The molecule has 132 valence electrons. The molecule has 0 aliphatic carbocycles. The lowest BCUT2D eigenvalue weighted by Gasteiger charge is -2.18. The molecule has 1 aliphatic heterocycles. The number of likely N-dealkylation sites (tertiary alicyclic amines) is 1. The van der Waals surface area contributed by atoms with Gasteiger partial charge in [0.25, 0.3) is 0 Å². The van der Waals surface area contributed by atoms with Gasteiger partial charge in [-0.15, -0.1) is 0 Å². The molecule has 0 spiro atoms. The minimum Gasteiger partial charge on any atom is -0.364 e. The summed E-state index contributed by atoms with van der Waals surface area (Å²) in [5.74, 6) is 1.06. The third kappa shape index (κ3) is 3.38. The number of benzene rings is 2. The van der Waals surface area contributed by atoms with E-state index in [9.17, 15) is 4.79 Å². The molecule has 0 radical (unpaired) electrons. The highest BCUT2D eigenvalue weighted by atomic mass is 16.2. The van der Waals surface area contributed by atoms with Crippen molar-refractivity contribution in [2.24, 2.45) is 0 Å². The second-order valence-corrected chi connectivity index (χ2v) is 6.69. The van der Waals surface area contributed by atoms with Crippen LogP contribution in [-0.4, -0.2) is 27.3 Å². The minimum atomic E-state index is 0.254. The zero-order valence-electron chi connectivity index (χ0n) is 14.9. The summed E-state index contributed by atoms with van der Waals surface area (Å²) in [6.45, 7) is 4.16. The maximum absolute atomic E-state index is 11.9. The Kier molecular flexibility index (Phi) is 4.52. The highest BCUT2D eigenvalue weighted by Gasteiger charge is 2.20. The van der Waals surface area contributed by atoms with E-state index in [0.29, 0.717) is 19.5 Å². The van der Waals surface area contributed by atoms with Gasteiger partial charge in [-0.3, -0.25) is 4.79 Å². The van der Waals surface area contributed by atoms with Gasteiger partial charge in [0.15, 0.2) is 0 Å². The fourth-order valence-electron chi connectivity index (χ4n) is 3.40. The molecule has 3 aromatic rings. The summed E-state index contributed by atoms with van der Waals surface area (Å²) in [6, 6.07) is 16.2. The van der Waals surface area contributed by atoms with Crippen LogP contribution in [0.5, 0.6) is 0 Å². The Balaban J connectivity index is 1.53. The smallest absolute Gasteiger partial charge is 0.222 e. The molecule has 1 aromatic heterocycles. The van der Waals surface area contributed by atoms with Crippen LogP contribution in [0.15, 0.2) is 48.5 Å². The van der Waals surface area contributed by atoms with Crippen molar-refractivity contribution in [1.29, 1.82) is 0 Å². The van der Waals surface area contributed by atoms with Crippen LogP contribution in [-0.2, 0) is 17.9 Å². The van der Waals surface area contributed by atoms with Gasteiger partial charge in [0.2, 0.25) is 5.91 Å². The number of rotatable bonds is 5. The highest BCUT2D eigenvalue weighted by molar-refractivity contribution is 5.78. The van der Waals surface area contributed by atoms with E-state index >= 15 is 0 Å². The van der Waals surface area contributed by atoms with Crippen LogP contribution in [0.2, 0.25) is 0 Å². The van der Waals surface area contributed by atoms with Crippen LogP contribution in [0.25, 0.3) is 11.0 Å². The van der Waals surface area contributed by atoms with E-state index in [-0.39, 0.29) is 5.91 Å². The summed E-state index contributed by atoms with van der Waals surface area (Å²) in [6.07, 6.45) is 1.64. The lowest BCUT2D eigenvalue weighted by atomic mass is 10.1. The molecule has 1 aliphatic rings. The third-order valence-electron chi connectivity index (χ3n) is 4.84. The van der Waals surface area contributed by atoms with Gasteiger partial charge in [-0.05, 0) is 36.6 Å². The highest BCUT2D eigenvalue weighted by Crippen LogP contribution is 2.20. The summed E-state index contributed by atoms with van der Waals surface area (Å²) in [5, 5.41) is 3.42. The first-order valence-corrected chi connectivity index (χ1v) is 9.02. The van der Waals surface area contributed by atoms with Crippen molar-refractivity contribution < 1.29 is 4.79 Å². The normalized spacial score (nSPS) is 14.2. The molecule has 4 rings (SSSR count). The topological polar surface area (TPSA) is 58.1 Å². The number of hydrogen-bond donors (Lipinski definition) is 1. The SMILES string of the molecule is Cc1nc2ccccc2nc1NCc1ccccc1CN1CCCC1=O. The molecular formula is C21H22N4O. The molecule has 2 heterocycles. The molecule has 1 N–H and O–H groups in total. The Morgan fingerprint density at radius 2 is 1.69 bits per heavy atom. The van der Waals surface area contributed by atoms with Gasteiger partial charge in [-0.25, -0.2) is 9.97 Å². The number of nitrogens with one attached hydrogen (secondary N) is 1. The zero-order valence-corrected chi connectivity index (χ0v) is 14.9. The number of aromatic nitrogens is 2. The molecule has 5 heteroatoms. The number of anilines is 1. The second kappa shape index (κ2) is 7.12. The first-order chi connectivity index (χ1) is 12.7. The fourth-order valence-corrected chi connectivity index (χ4v) is 3.40. The summed E-state index contributed by atoms with van der Waals surface area (Å²) in [5.41, 5.74) is 5.04. The lowest BCUT2D eigenvalue weighted by molar-refractivity contribution is -0.128. The van der Waals surface area contributed by atoms with Gasteiger partial charge in [-0.1, -0.05) is 36.4 Å². The van der Waals surface area contributed by atoms with Gasteiger partial charge in [0.1, 0.15) is 5.82 Å². The fraction of sp³-hybridized carbons (Fsp3) is 0.286. The number of carbonyl (C=O) groups excluding carboxylic acids is 1. The maximum atomic E-state index is 11.9. The van der Waals surface area contributed by atoms with Crippen molar-refractivity contribution in [3.05, 3.63) is 65.4 Å². The number of hydrogen-bond acceptors (Lipinski definition) is 4. The largest absolute Gasteiger partial charge is 0.364 e. The minimum absolute atomic E-state index is 0.254. The standard InChI is InChI=1S/C21H22N4O/c1-15-21(24-19-10-5-4-9-18(19)23-15)22-13-16-7-2-3-8-17(16)14-25-12-6-11-20(25)26/h2-5,7-10H,6,11-14H2,1H3,(H,22,24). The predicted octanol–water partition coefficient (Wildman–Crippen LogP) is 3.67. The monoisotopic (exact) mass is 346 g/mol. The van der Waals surface area contributed by atoms with Crippen molar-refractivity contribution in [2.45, 2.75) is 32.9 Å². The van der Waals surface area contributed by atoms with Gasteiger partial charge in [-0.2, -0.15) is 0 Å². The Bertz CT molecular complexity index is 954. The van der Waals surface area contributed by atoms with Gasteiger partial charge in [0, 0.05) is 26.1 Å². The molecule has 0 atom stereocenters. The predicted molar refractivity (Wildman–Crippen MR) is 103 cm³/mol. The van der Waals surface area contributed by atoms with E-state index < -0.39 is 0 Å². The van der Waals surface area contributed by atoms with Crippen LogP contribution in [0, 0.1) is 6.92 Å². The molecule has 0 saturated carbocycles. The van der Waals surface area contributed by atoms with Crippen LogP contribution in [0.4, 0.5) is 5.82 Å². The van der Waals surface area contributed by atoms with E-state index in [0.717, 1.165) is 35.5 Å². The maximum Gasteiger partial charge on any atom is 0.222 e. The van der Waals surface area contributed by atoms with Crippen molar-refractivity contribution in [3.63, 3.8) is 0 Å². The Morgan fingerprint density at radius 3 is 2.42 bits per heavy atom. The summed E-state index contributed by atoms with van der Waals surface area (Å²) >= 11 is 0. The van der Waals surface area contributed by atoms with E-state index in [4.69, 9.17) is 4.98 Å². The van der Waals surface area contributed by atoms with E-state index in [1.807, 2.05) is 48.2 Å². The van der Waals surface area contributed by atoms with Crippen LogP contribution < -0.4 is 5.32 Å². The average Bonchev–Trinajstić information content (AvgIpc) is 3.06. The van der Waals surface area contributed by atoms with Crippen LogP contribution >= 0.6 is 0 Å². The number of fused-ring (bicyclic) bond motifs is 1. The van der Waals surface area contributed by atoms with Gasteiger partial charge < -0.3 is 10.2 Å². The van der Waals surface area contributed by atoms with Crippen molar-refractivity contribution >= 4 is 22.8 Å². The molecule has 2 aromatic carbocycles. The Labute approximate surface area is 153 Å². The van der Waals surface area contributed by atoms with E-state index in [1.165, 1.54) is 11.1 Å². The van der Waals surface area contributed by atoms with E-state index in [1.54, 1.807) is 0 Å². The molecule has 5 nitrogen and oxygen atoms in total. The average molecular weight is 346 g/mol.